The lowest BCUT2D eigenvalue weighted by Gasteiger charge is -2.42. The fourth-order valence-corrected chi connectivity index (χ4v) is 4.02. The van der Waals surface area contributed by atoms with Crippen molar-refractivity contribution in [2.75, 3.05) is 26.7 Å². The lowest BCUT2D eigenvalue weighted by Crippen LogP contribution is -2.51. The number of nitrogens with zero attached hydrogens (tertiary/aromatic N) is 2. The monoisotopic (exact) mass is 237 g/mol. The summed E-state index contributed by atoms with van der Waals surface area (Å²) in [6.07, 6.45) is 8.42. The summed E-state index contributed by atoms with van der Waals surface area (Å²) < 4.78 is 0. The van der Waals surface area contributed by atoms with Gasteiger partial charge >= 0.3 is 0 Å². The Bertz CT molecular complexity index is 264. The first-order valence-electron chi connectivity index (χ1n) is 7.45. The molecule has 98 valence electrons. The lowest BCUT2D eigenvalue weighted by atomic mass is 9.94. The molecule has 0 radical (unpaired) electrons. The van der Waals surface area contributed by atoms with E-state index in [4.69, 9.17) is 5.73 Å². The molecule has 3 aliphatic rings. The zero-order chi connectivity index (χ0) is 11.8. The van der Waals surface area contributed by atoms with Crippen molar-refractivity contribution in [1.29, 1.82) is 0 Å². The Morgan fingerprint density at radius 3 is 2.76 bits per heavy atom. The molecule has 0 spiro atoms. The van der Waals surface area contributed by atoms with E-state index in [9.17, 15) is 0 Å². The Morgan fingerprint density at radius 2 is 2.06 bits per heavy atom. The molecule has 2 aliphatic heterocycles. The van der Waals surface area contributed by atoms with Crippen LogP contribution in [0.15, 0.2) is 0 Å². The first-order valence-corrected chi connectivity index (χ1v) is 7.45. The number of piperidine rings is 1. The van der Waals surface area contributed by atoms with Gasteiger partial charge in [-0.2, -0.15) is 0 Å². The van der Waals surface area contributed by atoms with Gasteiger partial charge in [-0.3, -0.25) is 4.90 Å². The minimum Gasteiger partial charge on any atom is -0.329 e. The highest BCUT2D eigenvalue weighted by Crippen LogP contribution is 2.37. The van der Waals surface area contributed by atoms with Crippen molar-refractivity contribution in [3.8, 4) is 0 Å². The molecule has 2 N–H and O–H groups in total. The maximum Gasteiger partial charge on any atom is 0.0246 e. The maximum atomic E-state index is 5.98. The highest BCUT2D eigenvalue weighted by atomic mass is 15.2. The van der Waals surface area contributed by atoms with Crippen LogP contribution < -0.4 is 5.73 Å². The average Bonchev–Trinajstić information content (AvgIpc) is 3.07. The van der Waals surface area contributed by atoms with Gasteiger partial charge in [0.25, 0.3) is 0 Å². The van der Waals surface area contributed by atoms with Gasteiger partial charge in [-0.15, -0.1) is 0 Å². The van der Waals surface area contributed by atoms with Gasteiger partial charge in [0.15, 0.2) is 0 Å². The van der Waals surface area contributed by atoms with E-state index in [0.717, 1.165) is 24.5 Å². The highest BCUT2D eigenvalue weighted by Gasteiger charge is 2.39. The lowest BCUT2D eigenvalue weighted by molar-refractivity contribution is 0.0726. The Balaban J connectivity index is 1.59. The molecule has 3 rings (SSSR count). The third-order valence-corrected chi connectivity index (χ3v) is 5.30. The van der Waals surface area contributed by atoms with Crippen molar-refractivity contribution in [3.05, 3.63) is 0 Å². The van der Waals surface area contributed by atoms with E-state index in [2.05, 4.69) is 16.8 Å². The van der Waals surface area contributed by atoms with E-state index in [1.54, 1.807) is 0 Å². The van der Waals surface area contributed by atoms with Crippen molar-refractivity contribution >= 4 is 0 Å². The summed E-state index contributed by atoms with van der Waals surface area (Å²) in [6, 6.07) is 2.34. The summed E-state index contributed by atoms with van der Waals surface area (Å²) in [7, 11) is 2.32. The Kier molecular flexibility index (Phi) is 3.42. The minimum atomic E-state index is 0.660. The van der Waals surface area contributed by atoms with Gasteiger partial charge in [-0.05, 0) is 64.6 Å². The van der Waals surface area contributed by atoms with Gasteiger partial charge in [0, 0.05) is 24.7 Å². The Labute approximate surface area is 105 Å². The van der Waals surface area contributed by atoms with E-state index in [0.29, 0.717) is 6.04 Å². The zero-order valence-corrected chi connectivity index (χ0v) is 11.1. The standard InChI is InChI=1S/C14H27N3/c1-16(14(10-15)11-4-5-11)12-6-8-17-7-2-3-13(17)9-12/h11-14H,2-10,15H2,1H3. The second kappa shape index (κ2) is 4.87. The van der Waals surface area contributed by atoms with Crippen LogP contribution in [-0.4, -0.2) is 54.6 Å². The molecule has 17 heavy (non-hydrogen) atoms. The Hall–Kier alpha value is -0.120. The molecule has 0 aromatic carbocycles. The molecule has 2 saturated heterocycles. The number of fused-ring (bicyclic) bond motifs is 1. The third-order valence-electron chi connectivity index (χ3n) is 5.30. The normalized spacial score (nSPS) is 36.2. The first kappa shape index (κ1) is 11.9. The number of hydrogen-bond donors (Lipinski definition) is 1. The van der Waals surface area contributed by atoms with Gasteiger partial charge in [0.2, 0.25) is 0 Å². The molecule has 0 amide bonds. The second-order valence-electron chi connectivity index (χ2n) is 6.32. The van der Waals surface area contributed by atoms with Crippen molar-refractivity contribution in [2.24, 2.45) is 11.7 Å². The fourth-order valence-electron chi connectivity index (χ4n) is 4.02. The molecule has 3 unspecified atom stereocenters. The Morgan fingerprint density at radius 1 is 1.24 bits per heavy atom. The minimum absolute atomic E-state index is 0.660. The molecule has 3 fully saturated rings. The number of hydrogen-bond acceptors (Lipinski definition) is 3. The van der Waals surface area contributed by atoms with Gasteiger partial charge in [0.1, 0.15) is 0 Å². The summed E-state index contributed by atoms with van der Waals surface area (Å²) in [4.78, 5) is 5.34. The van der Waals surface area contributed by atoms with Gasteiger partial charge in [-0.1, -0.05) is 0 Å². The molecular formula is C14H27N3. The van der Waals surface area contributed by atoms with Gasteiger partial charge in [-0.25, -0.2) is 0 Å². The molecule has 1 saturated carbocycles. The predicted octanol–water partition coefficient (Wildman–Crippen LogP) is 1.28. The number of likely N-dealkylation sites (N-methyl/N-ethyl adjacent to an activating group) is 1. The van der Waals surface area contributed by atoms with Crippen molar-refractivity contribution in [2.45, 2.75) is 56.7 Å². The topological polar surface area (TPSA) is 32.5 Å². The van der Waals surface area contributed by atoms with Crippen LogP contribution in [0.1, 0.15) is 38.5 Å². The quantitative estimate of drug-likeness (QED) is 0.799. The molecule has 3 heteroatoms. The van der Waals surface area contributed by atoms with Crippen molar-refractivity contribution in [3.63, 3.8) is 0 Å². The van der Waals surface area contributed by atoms with Gasteiger partial charge in [0.05, 0.1) is 0 Å². The molecule has 0 bridgehead atoms. The van der Waals surface area contributed by atoms with E-state index in [-0.39, 0.29) is 0 Å². The van der Waals surface area contributed by atoms with Crippen LogP contribution >= 0.6 is 0 Å². The van der Waals surface area contributed by atoms with Crippen LogP contribution in [0.3, 0.4) is 0 Å². The fraction of sp³-hybridized carbons (Fsp3) is 1.00. The number of rotatable bonds is 4. The first-order chi connectivity index (χ1) is 8.29. The summed E-state index contributed by atoms with van der Waals surface area (Å²) in [5, 5.41) is 0. The van der Waals surface area contributed by atoms with Crippen molar-refractivity contribution in [1.82, 2.24) is 9.80 Å². The molecule has 2 heterocycles. The van der Waals surface area contributed by atoms with Crippen LogP contribution in [0, 0.1) is 5.92 Å². The van der Waals surface area contributed by atoms with E-state index < -0.39 is 0 Å². The predicted molar refractivity (Wildman–Crippen MR) is 70.9 cm³/mol. The van der Waals surface area contributed by atoms with E-state index in [1.807, 2.05) is 0 Å². The molecular weight excluding hydrogens is 210 g/mol. The number of nitrogens with two attached hydrogens (primary N) is 1. The zero-order valence-electron chi connectivity index (χ0n) is 11.1. The molecule has 0 aromatic rings. The maximum absolute atomic E-state index is 5.98. The van der Waals surface area contributed by atoms with Crippen molar-refractivity contribution < 1.29 is 0 Å². The second-order valence-corrected chi connectivity index (χ2v) is 6.32. The smallest absolute Gasteiger partial charge is 0.0246 e. The molecule has 0 aromatic heterocycles. The van der Waals surface area contributed by atoms with Crippen LogP contribution in [0.4, 0.5) is 0 Å². The summed E-state index contributed by atoms with van der Waals surface area (Å²) in [5.41, 5.74) is 5.98. The van der Waals surface area contributed by atoms with Crippen LogP contribution in [0.2, 0.25) is 0 Å². The van der Waals surface area contributed by atoms with Gasteiger partial charge < -0.3 is 10.6 Å². The third kappa shape index (κ3) is 2.38. The summed E-state index contributed by atoms with van der Waals surface area (Å²) >= 11 is 0. The average molecular weight is 237 g/mol. The molecule has 1 aliphatic carbocycles. The molecule has 3 nitrogen and oxygen atoms in total. The largest absolute Gasteiger partial charge is 0.329 e. The van der Waals surface area contributed by atoms with Crippen LogP contribution in [0.5, 0.6) is 0 Å². The molecule has 3 atom stereocenters. The van der Waals surface area contributed by atoms with Crippen LogP contribution in [0.25, 0.3) is 0 Å². The van der Waals surface area contributed by atoms with E-state index >= 15 is 0 Å². The summed E-state index contributed by atoms with van der Waals surface area (Å²) in [6.45, 7) is 3.53. The SMILES string of the molecule is CN(C1CCN2CCCC2C1)C(CN)C1CC1. The highest BCUT2D eigenvalue weighted by molar-refractivity contribution is 4.95. The van der Waals surface area contributed by atoms with E-state index in [1.165, 1.54) is 51.6 Å². The van der Waals surface area contributed by atoms with Crippen LogP contribution in [-0.2, 0) is 0 Å². The summed E-state index contributed by atoms with van der Waals surface area (Å²) in [5.74, 6) is 0.909.